The number of rotatable bonds is 4. The molecule has 1 fully saturated rings. The summed E-state index contributed by atoms with van der Waals surface area (Å²) in [5, 5.41) is 0.502. The lowest BCUT2D eigenvalue weighted by Crippen LogP contribution is -2.50. The van der Waals surface area contributed by atoms with Gasteiger partial charge >= 0.3 is 5.97 Å². The zero-order valence-electron chi connectivity index (χ0n) is 15.8. The summed E-state index contributed by atoms with van der Waals surface area (Å²) in [7, 11) is 0. The summed E-state index contributed by atoms with van der Waals surface area (Å²) in [6.07, 6.45) is 3.35. The van der Waals surface area contributed by atoms with Gasteiger partial charge in [-0.2, -0.15) is 0 Å². The van der Waals surface area contributed by atoms with Gasteiger partial charge in [-0.1, -0.05) is 0 Å². The van der Waals surface area contributed by atoms with E-state index in [1.54, 1.807) is 30.3 Å². The predicted octanol–water partition coefficient (Wildman–Crippen LogP) is 2.18. The van der Waals surface area contributed by atoms with Crippen LogP contribution in [0.4, 0.5) is 10.3 Å². The summed E-state index contributed by atoms with van der Waals surface area (Å²) < 4.78 is 24.0. The highest BCUT2D eigenvalue weighted by molar-refractivity contribution is 5.96. The normalized spacial score (nSPS) is 14.3. The van der Waals surface area contributed by atoms with E-state index in [1.807, 2.05) is 4.90 Å². The number of hydrogen-bond donors (Lipinski definition) is 0. The van der Waals surface area contributed by atoms with Crippen LogP contribution in [0, 0.1) is 12.7 Å². The highest BCUT2D eigenvalue weighted by atomic mass is 19.1. The second-order valence-electron chi connectivity index (χ2n) is 6.69. The van der Waals surface area contributed by atoms with Gasteiger partial charge in [-0.3, -0.25) is 4.79 Å². The van der Waals surface area contributed by atoms with E-state index in [1.165, 1.54) is 18.2 Å². The minimum Gasteiger partial charge on any atom is -0.450 e. The zero-order valence-corrected chi connectivity index (χ0v) is 15.8. The number of fused-ring (bicyclic) bond motifs is 1. The molecule has 0 unspecified atom stereocenters. The number of piperazine rings is 1. The van der Waals surface area contributed by atoms with E-state index in [0.717, 1.165) is 0 Å². The maximum Gasteiger partial charge on any atom is 0.375 e. The van der Waals surface area contributed by atoms with E-state index in [0.29, 0.717) is 48.7 Å². The number of esters is 1. The van der Waals surface area contributed by atoms with Gasteiger partial charge in [0.05, 0.1) is 0 Å². The average Bonchev–Trinajstić information content (AvgIpc) is 3.08. The first-order valence-corrected chi connectivity index (χ1v) is 9.18. The fraction of sp³-hybridized carbons (Fsp3) is 0.300. The SMILES string of the molecule is Cc1c(C(=O)OCC(=O)N2CCN(c3ncccn3)CC2)oc2ccc(F)cc12. The molecule has 3 heterocycles. The molecule has 0 N–H and O–H groups in total. The first kappa shape index (κ1) is 18.9. The fourth-order valence-electron chi connectivity index (χ4n) is 3.28. The summed E-state index contributed by atoms with van der Waals surface area (Å²) in [4.78, 5) is 36.8. The van der Waals surface area contributed by atoms with Gasteiger partial charge in [0.1, 0.15) is 11.4 Å². The molecule has 0 aliphatic carbocycles. The van der Waals surface area contributed by atoms with Crippen LogP contribution in [-0.4, -0.2) is 59.5 Å². The van der Waals surface area contributed by atoms with Crippen molar-refractivity contribution < 1.29 is 23.1 Å². The molecule has 1 saturated heterocycles. The van der Waals surface area contributed by atoms with Crippen molar-refractivity contribution in [2.45, 2.75) is 6.92 Å². The Balaban J connectivity index is 1.33. The lowest BCUT2D eigenvalue weighted by atomic mass is 10.1. The molecule has 0 saturated carbocycles. The van der Waals surface area contributed by atoms with Crippen molar-refractivity contribution in [1.29, 1.82) is 0 Å². The number of aryl methyl sites for hydroxylation is 1. The fourth-order valence-corrected chi connectivity index (χ4v) is 3.28. The van der Waals surface area contributed by atoms with Crippen LogP contribution in [0.5, 0.6) is 0 Å². The third-order valence-corrected chi connectivity index (χ3v) is 4.88. The Labute approximate surface area is 165 Å². The van der Waals surface area contributed by atoms with Crippen LogP contribution in [0.1, 0.15) is 16.1 Å². The molecule has 9 heteroatoms. The van der Waals surface area contributed by atoms with Gasteiger partial charge in [0, 0.05) is 49.5 Å². The molecule has 1 aromatic carbocycles. The van der Waals surface area contributed by atoms with Crippen molar-refractivity contribution in [3.05, 3.63) is 53.8 Å². The van der Waals surface area contributed by atoms with E-state index in [9.17, 15) is 14.0 Å². The van der Waals surface area contributed by atoms with Crippen molar-refractivity contribution >= 4 is 28.8 Å². The Hall–Kier alpha value is -3.49. The Kier molecular flexibility index (Phi) is 5.11. The minimum absolute atomic E-state index is 0.0237. The third kappa shape index (κ3) is 3.89. The Morgan fingerprint density at radius 3 is 2.62 bits per heavy atom. The van der Waals surface area contributed by atoms with Gasteiger partial charge in [-0.05, 0) is 31.2 Å². The summed E-state index contributed by atoms with van der Waals surface area (Å²) in [5.74, 6) is -0.848. The molecule has 2 aromatic heterocycles. The molecule has 8 nitrogen and oxygen atoms in total. The predicted molar refractivity (Wildman–Crippen MR) is 102 cm³/mol. The third-order valence-electron chi connectivity index (χ3n) is 4.88. The molecule has 4 rings (SSSR count). The van der Waals surface area contributed by atoms with Crippen LogP contribution in [-0.2, 0) is 9.53 Å². The second kappa shape index (κ2) is 7.86. The van der Waals surface area contributed by atoms with Crippen LogP contribution < -0.4 is 4.90 Å². The van der Waals surface area contributed by atoms with Gasteiger partial charge in [0.2, 0.25) is 11.7 Å². The van der Waals surface area contributed by atoms with E-state index in [4.69, 9.17) is 9.15 Å². The average molecular weight is 398 g/mol. The van der Waals surface area contributed by atoms with Crippen LogP contribution in [0.2, 0.25) is 0 Å². The first-order valence-electron chi connectivity index (χ1n) is 9.18. The minimum atomic E-state index is -0.747. The number of hydrogen-bond acceptors (Lipinski definition) is 7. The Bertz CT molecular complexity index is 1050. The monoisotopic (exact) mass is 398 g/mol. The smallest absolute Gasteiger partial charge is 0.375 e. The van der Waals surface area contributed by atoms with Crippen LogP contribution in [0.15, 0.2) is 41.1 Å². The van der Waals surface area contributed by atoms with Crippen LogP contribution >= 0.6 is 0 Å². The van der Waals surface area contributed by atoms with Crippen molar-refractivity contribution in [2.75, 3.05) is 37.7 Å². The molecule has 150 valence electrons. The quantitative estimate of drug-likeness (QED) is 0.623. The molecule has 1 amide bonds. The maximum atomic E-state index is 13.4. The van der Waals surface area contributed by atoms with Gasteiger partial charge in [-0.15, -0.1) is 0 Å². The summed E-state index contributed by atoms with van der Waals surface area (Å²) in [6.45, 7) is 3.42. The Morgan fingerprint density at radius 1 is 1.17 bits per heavy atom. The number of benzene rings is 1. The second-order valence-corrected chi connectivity index (χ2v) is 6.69. The summed E-state index contributed by atoms with van der Waals surface area (Å²) in [5.41, 5.74) is 0.870. The van der Waals surface area contributed by atoms with Gasteiger partial charge < -0.3 is 19.0 Å². The van der Waals surface area contributed by atoms with Gasteiger partial charge in [-0.25, -0.2) is 19.2 Å². The molecule has 0 bridgehead atoms. The number of aromatic nitrogens is 2. The highest BCUT2D eigenvalue weighted by Crippen LogP contribution is 2.26. The number of furan rings is 1. The molecular formula is C20H19FN4O4. The molecule has 0 spiro atoms. The number of nitrogens with zero attached hydrogens (tertiary/aromatic N) is 4. The lowest BCUT2D eigenvalue weighted by Gasteiger charge is -2.34. The van der Waals surface area contributed by atoms with Crippen LogP contribution in [0.25, 0.3) is 11.0 Å². The molecule has 0 atom stereocenters. The lowest BCUT2D eigenvalue weighted by molar-refractivity contribution is -0.134. The largest absolute Gasteiger partial charge is 0.450 e. The van der Waals surface area contributed by atoms with E-state index in [2.05, 4.69) is 9.97 Å². The molecule has 3 aromatic rings. The molecular weight excluding hydrogens is 379 g/mol. The number of carbonyl (C=O) groups is 2. The zero-order chi connectivity index (χ0) is 20.4. The number of halogens is 1. The topological polar surface area (TPSA) is 88.8 Å². The van der Waals surface area contributed by atoms with Crippen molar-refractivity contribution in [2.24, 2.45) is 0 Å². The summed E-state index contributed by atoms with van der Waals surface area (Å²) in [6, 6.07) is 5.75. The number of amides is 1. The molecule has 29 heavy (non-hydrogen) atoms. The standard InChI is InChI=1S/C20H19FN4O4/c1-13-15-11-14(21)3-4-16(15)29-18(13)19(27)28-12-17(26)24-7-9-25(10-8-24)20-22-5-2-6-23-20/h2-6,11H,7-10,12H2,1H3. The van der Waals surface area contributed by atoms with E-state index >= 15 is 0 Å². The molecule has 1 aliphatic rings. The van der Waals surface area contributed by atoms with E-state index < -0.39 is 11.8 Å². The number of ether oxygens (including phenoxy) is 1. The molecule has 1 aliphatic heterocycles. The maximum absolute atomic E-state index is 13.4. The number of anilines is 1. The molecule has 0 radical (unpaired) electrons. The van der Waals surface area contributed by atoms with E-state index in [-0.39, 0.29) is 18.3 Å². The first-order chi connectivity index (χ1) is 14.0. The van der Waals surface area contributed by atoms with Crippen molar-refractivity contribution in [3.63, 3.8) is 0 Å². The van der Waals surface area contributed by atoms with Gasteiger partial charge in [0.25, 0.3) is 5.91 Å². The van der Waals surface area contributed by atoms with Gasteiger partial charge in [0.15, 0.2) is 6.61 Å². The summed E-state index contributed by atoms with van der Waals surface area (Å²) >= 11 is 0. The van der Waals surface area contributed by atoms with Crippen molar-refractivity contribution in [3.8, 4) is 0 Å². The van der Waals surface area contributed by atoms with Crippen LogP contribution in [0.3, 0.4) is 0 Å². The number of carbonyl (C=O) groups excluding carboxylic acids is 2. The highest BCUT2D eigenvalue weighted by Gasteiger charge is 2.25. The van der Waals surface area contributed by atoms with Crippen molar-refractivity contribution in [1.82, 2.24) is 14.9 Å². The Morgan fingerprint density at radius 2 is 1.90 bits per heavy atom.